The van der Waals surface area contributed by atoms with Crippen LogP contribution in [0, 0.1) is 0 Å². The molecule has 0 heterocycles. The second kappa shape index (κ2) is 7.58. The zero-order chi connectivity index (χ0) is 13.4. The highest BCUT2D eigenvalue weighted by atomic mass is 16.5. The van der Waals surface area contributed by atoms with Gasteiger partial charge in [0.15, 0.2) is 0 Å². The van der Waals surface area contributed by atoms with Gasteiger partial charge in [0.2, 0.25) is 0 Å². The molecule has 1 aromatic rings. The van der Waals surface area contributed by atoms with Crippen LogP contribution in [0.25, 0.3) is 0 Å². The minimum absolute atomic E-state index is 0.540. The van der Waals surface area contributed by atoms with E-state index in [2.05, 4.69) is 12.2 Å². The summed E-state index contributed by atoms with van der Waals surface area (Å²) in [5.41, 5.74) is 0.782. The van der Waals surface area contributed by atoms with Gasteiger partial charge in [-0.3, -0.25) is 0 Å². The third-order valence-electron chi connectivity index (χ3n) is 2.63. The van der Waals surface area contributed by atoms with E-state index in [9.17, 15) is 4.79 Å². The summed E-state index contributed by atoms with van der Waals surface area (Å²) in [6.07, 6.45) is 2.52. The first-order chi connectivity index (χ1) is 8.67. The maximum absolute atomic E-state index is 11.1. The van der Waals surface area contributed by atoms with Crippen molar-refractivity contribution in [2.45, 2.75) is 39.2 Å². The Bertz CT molecular complexity index is 379. The molecular weight excluding hydrogens is 230 g/mol. The number of carboxylic acids is 1. The van der Waals surface area contributed by atoms with E-state index in [0.29, 0.717) is 13.0 Å². The summed E-state index contributed by atoms with van der Waals surface area (Å²) >= 11 is 0. The Kier molecular flexibility index (Phi) is 6.05. The fourth-order valence-electron chi connectivity index (χ4n) is 1.71. The molecule has 0 spiro atoms. The van der Waals surface area contributed by atoms with Crippen molar-refractivity contribution in [2.24, 2.45) is 0 Å². The standard InChI is InChI=1S/C14H21NO3/c1-3-5-9-13(14(16)17)15-11-7-6-8-12(10-11)18-4-2/h6-8,10,13,15H,3-5,9H2,1-2H3,(H,16,17). The normalized spacial score (nSPS) is 11.9. The minimum Gasteiger partial charge on any atom is -0.494 e. The van der Waals surface area contributed by atoms with Gasteiger partial charge in [0.1, 0.15) is 11.8 Å². The van der Waals surface area contributed by atoms with Crippen LogP contribution in [0.3, 0.4) is 0 Å². The molecule has 1 atom stereocenters. The van der Waals surface area contributed by atoms with Crippen molar-refractivity contribution < 1.29 is 14.6 Å². The molecule has 0 amide bonds. The number of benzene rings is 1. The maximum Gasteiger partial charge on any atom is 0.326 e. The van der Waals surface area contributed by atoms with Gasteiger partial charge >= 0.3 is 5.97 Å². The van der Waals surface area contributed by atoms with E-state index >= 15 is 0 Å². The molecule has 0 aliphatic heterocycles. The molecule has 4 heteroatoms. The lowest BCUT2D eigenvalue weighted by molar-refractivity contribution is -0.138. The van der Waals surface area contributed by atoms with E-state index in [4.69, 9.17) is 9.84 Å². The Morgan fingerprint density at radius 1 is 1.44 bits per heavy atom. The molecule has 0 saturated heterocycles. The molecule has 4 nitrogen and oxygen atoms in total. The molecule has 0 bridgehead atoms. The lowest BCUT2D eigenvalue weighted by Gasteiger charge is -2.16. The van der Waals surface area contributed by atoms with Gasteiger partial charge in [-0.1, -0.05) is 25.8 Å². The molecule has 0 aliphatic carbocycles. The number of ether oxygens (including phenoxy) is 1. The lowest BCUT2D eigenvalue weighted by Crippen LogP contribution is -2.29. The molecule has 1 rings (SSSR count). The predicted molar refractivity (Wildman–Crippen MR) is 72.2 cm³/mol. The zero-order valence-electron chi connectivity index (χ0n) is 11.0. The van der Waals surface area contributed by atoms with Gasteiger partial charge in [-0.15, -0.1) is 0 Å². The minimum atomic E-state index is -0.815. The summed E-state index contributed by atoms with van der Waals surface area (Å²) in [5, 5.41) is 12.2. The van der Waals surface area contributed by atoms with Crippen molar-refractivity contribution in [1.29, 1.82) is 0 Å². The van der Waals surface area contributed by atoms with E-state index in [-0.39, 0.29) is 0 Å². The summed E-state index contributed by atoms with van der Waals surface area (Å²) in [6, 6.07) is 6.85. The van der Waals surface area contributed by atoms with Crippen LogP contribution < -0.4 is 10.1 Å². The summed E-state index contributed by atoms with van der Waals surface area (Å²) in [5.74, 6) is -0.0626. The summed E-state index contributed by atoms with van der Waals surface area (Å²) < 4.78 is 5.38. The van der Waals surface area contributed by atoms with Crippen molar-refractivity contribution in [3.63, 3.8) is 0 Å². The van der Waals surface area contributed by atoms with E-state index in [1.807, 2.05) is 31.2 Å². The Balaban J connectivity index is 2.67. The van der Waals surface area contributed by atoms with Gasteiger partial charge in [0.05, 0.1) is 6.61 Å². The molecular formula is C14H21NO3. The Morgan fingerprint density at radius 2 is 2.22 bits per heavy atom. The van der Waals surface area contributed by atoms with Crippen molar-refractivity contribution in [3.8, 4) is 5.75 Å². The topological polar surface area (TPSA) is 58.6 Å². The van der Waals surface area contributed by atoms with E-state index < -0.39 is 12.0 Å². The monoisotopic (exact) mass is 251 g/mol. The average Bonchev–Trinajstić information content (AvgIpc) is 2.35. The van der Waals surface area contributed by atoms with Crippen LogP contribution in [0.5, 0.6) is 5.75 Å². The van der Waals surface area contributed by atoms with Crippen LogP contribution in [0.2, 0.25) is 0 Å². The number of rotatable bonds is 8. The first kappa shape index (κ1) is 14.4. The molecule has 100 valence electrons. The SMILES string of the molecule is CCCCC(Nc1cccc(OCC)c1)C(=O)O. The van der Waals surface area contributed by atoms with E-state index in [0.717, 1.165) is 24.3 Å². The van der Waals surface area contributed by atoms with Crippen molar-refractivity contribution in [1.82, 2.24) is 0 Å². The molecule has 0 aliphatic rings. The molecule has 1 aromatic carbocycles. The van der Waals surface area contributed by atoms with Crippen molar-refractivity contribution in [3.05, 3.63) is 24.3 Å². The number of aliphatic carboxylic acids is 1. The Morgan fingerprint density at radius 3 is 2.83 bits per heavy atom. The highest BCUT2D eigenvalue weighted by molar-refractivity contribution is 5.77. The molecule has 0 saturated carbocycles. The quantitative estimate of drug-likeness (QED) is 0.745. The van der Waals surface area contributed by atoms with Crippen molar-refractivity contribution >= 4 is 11.7 Å². The summed E-state index contributed by atoms with van der Waals surface area (Å²) in [6.45, 7) is 4.57. The number of carbonyl (C=O) groups is 1. The molecule has 1 unspecified atom stereocenters. The van der Waals surface area contributed by atoms with Gasteiger partial charge in [0, 0.05) is 11.8 Å². The summed E-state index contributed by atoms with van der Waals surface area (Å²) in [7, 11) is 0. The smallest absolute Gasteiger partial charge is 0.326 e. The maximum atomic E-state index is 11.1. The Labute approximate surface area is 108 Å². The molecule has 18 heavy (non-hydrogen) atoms. The van der Waals surface area contributed by atoms with Gasteiger partial charge in [0.25, 0.3) is 0 Å². The number of carboxylic acid groups (broad SMARTS) is 1. The lowest BCUT2D eigenvalue weighted by atomic mass is 10.1. The average molecular weight is 251 g/mol. The third kappa shape index (κ3) is 4.65. The highest BCUT2D eigenvalue weighted by Gasteiger charge is 2.16. The predicted octanol–water partition coefficient (Wildman–Crippen LogP) is 3.14. The fourth-order valence-corrected chi connectivity index (χ4v) is 1.71. The molecule has 0 aromatic heterocycles. The largest absolute Gasteiger partial charge is 0.494 e. The number of unbranched alkanes of at least 4 members (excludes halogenated alkanes) is 1. The fraction of sp³-hybridized carbons (Fsp3) is 0.500. The third-order valence-corrected chi connectivity index (χ3v) is 2.63. The van der Waals surface area contributed by atoms with Gasteiger partial charge in [-0.25, -0.2) is 4.79 Å². The van der Waals surface area contributed by atoms with Crippen LogP contribution in [0.1, 0.15) is 33.1 Å². The highest BCUT2D eigenvalue weighted by Crippen LogP contribution is 2.19. The molecule has 2 N–H and O–H groups in total. The number of hydrogen-bond donors (Lipinski definition) is 2. The van der Waals surface area contributed by atoms with Crippen LogP contribution in [-0.4, -0.2) is 23.7 Å². The number of anilines is 1. The van der Waals surface area contributed by atoms with Gasteiger partial charge in [-0.05, 0) is 25.5 Å². The van der Waals surface area contributed by atoms with E-state index in [1.54, 1.807) is 0 Å². The van der Waals surface area contributed by atoms with Crippen LogP contribution in [0.15, 0.2) is 24.3 Å². The summed E-state index contributed by atoms with van der Waals surface area (Å²) in [4.78, 5) is 11.1. The first-order valence-electron chi connectivity index (χ1n) is 6.39. The van der Waals surface area contributed by atoms with E-state index in [1.165, 1.54) is 0 Å². The Hall–Kier alpha value is -1.71. The second-order valence-corrected chi connectivity index (χ2v) is 4.14. The van der Waals surface area contributed by atoms with Gasteiger partial charge < -0.3 is 15.2 Å². The van der Waals surface area contributed by atoms with Crippen LogP contribution in [-0.2, 0) is 4.79 Å². The van der Waals surface area contributed by atoms with Crippen LogP contribution in [0.4, 0.5) is 5.69 Å². The van der Waals surface area contributed by atoms with Crippen molar-refractivity contribution in [2.75, 3.05) is 11.9 Å². The number of hydrogen-bond acceptors (Lipinski definition) is 3. The molecule has 0 fully saturated rings. The molecule has 0 radical (unpaired) electrons. The zero-order valence-corrected chi connectivity index (χ0v) is 11.0. The first-order valence-corrected chi connectivity index (χ1v) is 6.39. The second-order valence-electron chi connectivity index (χ2n) is 4.14. The number of nitrogens with one attached hydrogen (secondary N) is 1. The van der Waals surface area contributed by atoms with Gasteiger partial charge in [-0.2, -0.15) is 0 Å². The van der Waals surface area contributed by atoms with Crippen LogP contribution >= 0.6 is 0 Å².